The molecule has 1 N–H and O–H groups in total. The monoisotopic (exact) mass is 295 g/mol. The zero-order valence-electron chi connectivity index (χ0n) is 12.7. The van der Waals surface area contributed by atoms with Crippen molar-refractivity contribution in [3.05, 3.63) is 70.7 Å². The number of nitrogens with one attached hydrogen (secondary N) is 1. The maximum Gasteiger partial charge on any atom is 0.162 e. The number of benzene rings is 2. The number of aromatic amines is 1. The van der Waals surface area contributed by atoms with Gasteiger partial charge < -0.3 is 4.98 Å². The molecule has 3 aromatic rings. The molecule has 3 rings (SSSR count). The molecule has 1 aromatic heterocycles. The van der Waals surface area contributed by atoms with Gasteiger partial charge in [0.2, 0.25) is 0 Å². The van der Waals surface area contributed by atoms with Crippen LogP contribution in [-0.4, -0.2) is 10.8 Å². The van der Waals surface area contributed by atoms with Crippen LogP contribution in [0.25, 0.3) is 10.9 Å². The minimum absolute atomic E-state index is 0.150. The Balaban J connectivity index is 1.94. The lowest BCUT2D eigenvalue weighted by Crippen LogP contribution is -1.97. The molecule has 0 aliphatic rings. The Hall–Kier alpha value is -2.42. The maximum atomic E-state index is 13.5. The van der Waals surface area contributed by atoms with Crippen molar-refractivity contribution in [2.24, 2.45) is 0 Å². The molecule has 0 saturated heterocycles. The van der Waals surface area contributed by atoms with Crippen LogP contribution in [0.5, 0.6) is 0 Å². The van der Waals surface area contributed by atoms with E-state index in [-0.39, 0.29) is 11.6 Å². The summed E-state index contributed by atoms with van der Waals surface area (Å²) >= 11 is 0. The van der Waals surface area contributed by atoms with Crippen molar-refractivity contribution in [1.82, 2.24) is 4.98 Å². The maximum absolute atomic E-state index is 13.5. The van der Waals surface area contributed by atoms with Crippen molar-refractivity contribution < 1.29 is 9.18 Å². The standard InChI is InChI=1S/C19H18FNO/c1-3-19(22)14-6-4-13(5-7-14)10-16-12(2)21-18-9-8-15(20)11-17(16)18/h4-9,11,21H,3,10H2,1-2H3. The lowest BCUT2D eigenvalue weighted by Gasteiger charge is -2.04. The first-order chi connectivity index (χ1) is 10.6. The van der Waals surface area contributed by atoms with Crippen LogP contribution in [0, 0.1) is 12.7 Å². The van der Waals surface area contributed by atoms with Crippen molar-refractivity contribution in [3.8, 4) is 0 Å². The van der Waals surface area contributed by atoms with Gasteiger partial charge in [-0.05, 0) is 42.7 Å². The number of aromatic nitrogens is 1. The first-order valence-electron chi connectivity index (χ1n) is 7.47. The predicted molar refractivity (Wildman–Crippen MR) is 86.9 cm³/mol. The molecule has 0 spiro atoms. The van der Waals surface area contributed by atoms with E-state index in [0.29, 0.717) is 6.42 Å². The van der Waals surface area contributed by atoms with E-state index in [1.165, 1.54) is 6.07 Å². The Morgan fingerprint density at radius 3 is 2.55 bits per heavy atom. The highest BCUT2D eigenvalue weighted by molar-refractivity contribution is 5.95. The molecule has 0 unspecified atom stereocenters. The first-order valence-corrected chi connectivity index (χ1v) is 7.47. The minimum Gasteiger partial charge on any atom is -0.358 e. The molecule has 112 valence electrons. The fourth-order valence-corrected chi connectivity index (χ4v) is 2.80. The van der Waals surface area contributed by atoms with Gasteiger partial charge in [0.15, 0.2) is 5.78 Å². The second kappa shape index (κ2) is 5.76. The molecule has 0 bridgehead atoms. The van der Waals surface area contributed by atoms with Crippen molar-refractivity contribution in [1.29, 1.82) is 0 Å². The highest BCUT2D eigenvalue weighted by atomic mass is 19.1. The number of hydrogen-bond donors (Lipinski definition) is 1. The molecule has 22 heavy (non-hydrogen) atoms. The van der Waals surface area contributed by atoms with Crippen LogP contribution in [0.1, 0.15) is 40.5 Å². The molecule has 0 amide bonds. The molecule has 0 aliphatic carbocycles. The number of carbonyl (C=O) groups is 1. The number of halogens is 1. The molecule has 3 heteroatoms. The van der Waals surface area contributed by atoms with E-state index in [4.69, 9.17) is 0 Å². The summed E-state index contributed by atoms with van der Waals surface area (Å²) in [5.41, 5.74) is 4.96. The minimum atomic E-state index is -0.225. The number of H-pyrrole nitrogens is 1. The Labute approximate surface area is 129 Å². The van der Waals surface area contributed by atoms with E-state index in [9.17, 15) is 9.18 Å². The summed E-state index contributed by atoms with van der Waals surface area (Å²) in [4.78, 5) is 15.0. The normalized spacial score (nSPS) is 11.0. The highest BCUT2D eigenvalue weighted by Crippen LogP contribution is 2.25. The third-order valence-corrected chi connectivity index (χ3v) is 4.06. The second-order valence-corrected chi connectivity index (χ2v) is 5.57. The number of hydrogen-bond acceptors (Lipinski definition) is 1. The van der Waals surface area contributed by atoms with E-state index in [0.717, 1.165) is 39.7 Å². The van der Waals surface area contributed by atoms with Crippen LogP contribution in [0.2, 0.25) is 0 Å². The van der Waals surface area contributed by atoms with Gasteiger partial charge in [0, 0.05) is 28.6 Å². The van der Waals surface area contributed by atoms with Gasteiger partial charge >= 0.3 is 0 Å². The third-order valence-electron chi connectivity index (χ3n) is 4.06. The Bertz CT molecular complexity index is 831. The van der Waals surface area contributed by atoms with E-state index in [1.54, 1.807) is 12.1 Å². The molecule has 0 aliphatic heterocycles. The number of fused-ring (bicyclic) bond motifs is 1. The van der Waals surface area contributed by atoms with Crippen LogP contribution in [-0.2, 0) is 6.42 Å². The number of rotatable bonds is 4. The van der Waals surface area contributed by atoms with Gasteiger partial charge in [-0.25, -0.2) is 4.39 Å². The second-order valence-electron chi connectivity index (χ2n) is 5.57. The van der Waals surface area contributed by atoms with E-state index in [1.807, 2.05) is 38.1 Å². The number of ketones is 1. The summed E-state index contributed by atoms with van der Waals surface area (Å²) in [5, 5.41) is 0.922. The van der Waals surface area contributed by atoms with Gasteiger partial charge in [0.05, 0.1) is 0 Å². The molecule has 1 heterocycles. The molecule has 0 saturated carbocycles. The Morgan fingerprint density at radius 1 is 1.14 bits per heavy atom. The lowest BCUT2D eigenvalue weighted by atomic mass is 9.99. The highest BCUT2D eigenvalue weighted by Gasteiger charge is 2.10. The molecule has 0 atom stereocenters. The number of Topliss-reactive ketones (excluding diaryl/α,β-unsaturated/α-hetero) is 1. The van der Waals surface area contributed by atoms with Crippen molar-refractivity contribution in [3.63, 3.8) is 0 Å². The van der Waals surface area contributed by atoms with Crippen LogP contribution in [0.15, 0.2) is 42.5 Å². The van der Waals surface area contributed by atoms with Gasteiger partial charge in [-0.2, -0.15) is 0 Å². The Morgan fingerprint density at radius 2 is 1.86 bits per heavy atom. The number of carbonyl (C=O) groups excluding carboxylic acids is 1. The van der Waals surface area contributed by atoms with Gasteiger partial charge in [-0.1, -0.05) is 31.2 Å². The van der Waals surface area contributed by atoms with Crippen LogP contribution < -0.4 is 0 Å². The van der Waals surface area contributed by atoms with Gasteiger partial charge in [-0.15, -0.1) is 0 Å². The van der Waals surface area contributed by atoms with Crippen molar-refractivity contribution >= 4 is 16.7 Å². The summed E-state index contributed by atoms with van der Waals surface area (Å²) in [7, 11) is 0. The summed E-state index contributed by atoms with van der Waals surface area (Å²) in [6.07, 6.45) is 1.23. The zero-order chi connectivity index (χ0) is 15.7. The van der Waals surface area contributed by atoms with Gasteiger partial charge in [0.25, 0.3) is 0 Å². The van der Waals surface area contributed by atoms with Crippen molar-refractivity contribution in [2.45, 2.75) is 26.7 Å². The summed E-state index contributed by atoms with van der Waals surface area (Å²) in [6.45, 7) is 3.86. The molecule has 0 fully saturated rings. The topological polar surface area (TPSA) is 32.9 Å². The molecule has 2 nitrogen and oxygen atoms in total. The smallest absolute Gasteiger partial charge is 0.162 e. The fraction of sp³-hybridized carbons (Fsp3) is 0.211. The van der Waals surface area contributed by atoms with E-state index < -0.39 is 0 Å². The predicted octanol–water partition coefficient (Wildman–Crippen LogP) is 4.80. The number of aryl methyl sites for hydroxylation is 1. The van der Waals surface area contributed by atoms with Crippen LogP contribution in [0.4, 0.5) is 4.39 Å². The van der Waals surface area contributed by atoms with Crippen molar-refractivity contribution in [2.75, 3.05) is 0 Å². The van der Waals surface area contributed by atoms with Crippen LogP contribution in [0.3, 0.4) is 0 Å². The average molecular weight is 295 g/mol. The fourth-order valence-electron chi connectivity index (χ4n) is 2.80. The van der Waals surface area contributed by atoms with E-state index in [2.05, 4.69) is 4.98 Å². The molecule has 0 radical (unpaired) electrons. The largest absolute Gasteiger partial charge is 0.358 e. The van der Waals surface area contributed by atoms with Crippen LogP contribution >= 0.6 is 0 Å². The summed E-state index contributed by atoms with van der Waals surface area (Å²) in [5.74, 6) is -0.0754. The summed E-state index contributed by atoms with van der Waals surface area (Å²) < 4.78 is 13.5. The Kier molecular flexibility index (Phi) is 3.80. The van der Waals surface area contributed by atoms with E-state index >= 15 is 0 Å². The third kappa shape index (κ3) is 2.67. The average Bonchev–Trinajstić information content (AvgIpc) is 2.83. The zero-order valence-corrected chi connectivity index (χ0v) is 12.7. The van der Waals surface area contributed by atoms with Gasteiger partial charge in [0.1, 0.15) is 5.82 Å². The molecule has 2 aromatic carbocycles. The first kappa shape index (κ1) is 14.5. The van der Waals surface area contributed by atoms with Gasteiger partial charge in [-0.3, -0.25) is 4.79 Å². The summed E-state index contributed by atoms with van der Waals surface area (Å²) in [6, 6.07) is 12.5. The quantitative estimate of drug-likeness (QED) is 0.689. The molecular formula is C19H18FNO. The SMILES string of the molecule is CCC(=O)c1ccc(Cc2c(C)[nH]c3ccc(F)cc23)cc1. The molecular weight excluding hydrogens is 277 g/mol. The lowest BCUT2D eigenvalue weighted by molar-refractivity contribution is 0.0988.